The summed E-state index contributed by atoms with van der Waals surface area (Å²) in [7, 11) is -4.09. The van der Waals surface area contributed by atoms with E-state index in [1.54, 1.807) is 27.7 Å². The van der Waals surface area contributed by atoms with Crippen LogP contribution in [0.2, 0.25) is 0 Å². The first-order chi connectivity index (χ1) is 10.6. The molecule has 116 valence electrons. The summed E-state index contributed by atoms with van der Waals surface area (Å²) in [5.74, 6) is -1.01. The molecule has 1 aliphatic rings. The number of rotatable bonds is 2. The van der Waals surface area contributed by atoms with Crippen molar-refractivity contribution in [3.63, 3.8) is 0 Å². The molecule has 0 radical (unpaired) electrons. The summed E-state index contributed by atoms with van der Waals surface area (Å²) in [6.45, 7) is 7.04. The van der Waals surface area contributed by atoms with Crippen molar-refractivity contribution in [3.05, 3.63) is 17.8 Å². The summed E-state index contributed by atoms with van der Waals surface area (Å²) in [5, 5.41) is 0. The number of halogens is 3. The maximum atomic E-state index is 13.2. The Hall–Kier alpha value is -1.28. The molecule has 1 fully saturated rings. The summed E-state index contributed by atoms with van der Waals surface area (Å²) < 4.78 is 76.2. The molecule has 21 heavy (non-hydrogen) atoms. The van der Waals surface area contributed by atoms with Crippen LogP contribution in [0.5, 0.6) is 5.88 Å². The van der Waals surface area contributed by atoms with Gasteiger partial charge < -0.3 is 14.0 Å². The van der Waals surface area contributed by atoms with Crippen molar-refractivity contribution in [2.24, 2.45) is 0 Å². The fraction of sp³-hybridized carbons (Fsp3) is 0.615. The highest BCUT2D eigenvalue weighted by molar-refractivity contribution is 6.62. The number of hydrogen-bond acceptors (Lipinski definition) is 4. The molecule has 0 amide bonds. The second-order valence-electron chi connectivity index (χ2n) is 5.81. The van der Waals surface area contributed by atoms with Gasteiger partial charge in [0.05, 0.1) is 22.4 Å². The third-order valence-corrected chi connectivity index (χ3v) is 3.80. The van der Waals surface area contributed by atoms with Gasteiger partial charge in [-0.15, -0.1) is 0 Å². The summed E-state index contributed by atoms with van der Waals surface area (Å²) >= 11 is 0. The highest BCUT2D eigenvalue weighted by Gasteiger charge is 2.52. The van der Waals surface area contributed by atoms with Crippen LogP contribution in [0.25, 0.3) is 0 Å². The molecule has 0 saturated carbocycles. The van der Waals surface area contributed by atoms with E-state index in [2.05, 4.69) is 9.72 Å². The molecule has 1 aromatic heterocycles. The predicted molar refractivity (Wildman–Crippen MR) is 71.5 cm³/mol. The quantitative estimate of drug-likeness (QED) is 0.787. The second-order valence-corrected chi connectivity index (χ2v) is 5.81. The Balaban J connectivity index is 2.41. The molecule has 1 saturated heterocycles. The topological polar surface area (TPSA) is 40.6 Å². The van der Waals surface area contributed by atoms with Crippen molar-refractivity contribution < 1.29 is 31.3 Å². The van der Waals surface area contributed by atoms with Gasteiger partial charge in [0.2, 0.25) is 5.88 Å². The summed E-state index contributed by atoms with van der Waals surface area (Å²) in [6, 6.07) is 0.732. The van der Waals surface area contributed by atoms with Crippen molar-refractivity contribution in [2.75, 3.05) is 7.04 Å². The highest BCUT2D eigenvalue weighted by atomic mass is 19.4. The van der Waals surface area contributed by atoms with Crippen molar-refractivity contribution >= 4 is 12.6 Å². The van der Waals surface area contributed by atoms with Gasteiger partial charge in [-0.25, -0.2) is 4.98 Å². The van der Waals surface area contributed by atoms with Crippen LogP contribution in [-0.2, 0) is 15.5 Å². The van der Waals surface area contributed by atoms with Crippen molar-refractivity contribution in [1.29, 1.82) is 0 Å². The molecular formula is C13H17BF3NO3. The molecule has 0 aliphatic carbocycles. The van der Waals surface area contributed by atoms with E-state index in [-0.39, 0.29) is 5.46 Å². The van der Waals surface area contributed by atoms with Gasteiger partial charge in [0, 0.05) is 11.7 Å². The van der Waals surface area contributed by atoms with Crippen LogP contribution in [-0.4, -0.2) is 30.3 Å². The summed E-state index contributed by atoms with van der Waals surface area (Å²) in [5.41, 5.74) is -2.74. The Morgan fingerprint density at radius 1 is 1.24 bits per heavy atom. The second kappa shape index (κ2) is 4.88. The molecule has 2 heterocycles. The molecule has 4 nitrogen and oxygen atoms in total. The van der Waals surface area contributed by atoms with E-state index in [1.165, 1.54) is 0 Å². The number of pyridine rings is 1. The van der Waals surface area contributed by atoms with Gasteiger partial charge in [-0.3, -0.25) is 0 Å². The van der Waals surface area contributed by atoms with E-state index >= 15 is 0 Å². The van der Waals surface area contributed by atoms with Crippen LogP contribution in [0.4, 0.5) is 13.2 Å². The molecule has 0 atom stereocenters. The Morgan fingerprint density at radius 2 is 1.81 bits per heavy atom. The lowest BCUT2D eigenvalue weighted by Crippen LogP contribution is -2.41. The molecule has 0 spiro atoms. The third-order valence-electron chi connectivity index (χ3n) is 3.80. The SMILES string of the molecule is [2H]C([2H])([2H])Oc1ncc(B2OC(C)(C)C(C)(C)O2)cc1C(F)(F)F. The van der Waals surface area contributed by atoms with Gasteiger partial charge in [0.25, 0.3) is 0 Å². The minimum absolute atomic E-state index is 0.0267. The molecule has 1 aliphatic heterocycles. The Bertz CT molecular complexity index is 619. The zero-order chi connectivity index (χ0) is 18.6. The lowest BCUT2D eigenvalue weighted by molar-refractivity contribution is -0.139. The normalized spacial score (nSPS) is 23.4. The molecule has 0 bridgehead atoms. The number of ether oxygens (including phenoxy) is 1. The molecule has 1 aromatic rings. The van der Waals surface area contributed by atoms with Crippen molar-refractivity contribution in [1.82, 2.24) is 4.98 Å². The van der Waals surface area contributed by atoms with Crippen LogP contribution < -0.4 is 10.2 Å². The molecule has 2 rings (SSSR count). The monoisotopic (exact) mass is 306 g/mol. The molecule has 0 aromatic carbocycles. The zero-order valence-corrected chi connectivity index (χ0v) is 12.0. The maximum Gasteiger partial charge on any atom is 0.496 e. The van der Waals surface area contributed by atoms with Gasteiger partial charge in [0.15, 0.2) is 0 Å². The number of hydrogen-bond donors (Lipinski definition) is 0. The first-order valence-electron chi connectivity index (χ1n) is 7.74. The molecule has 0 unspecified atom stereocenters. The molecule has 8 heteroatoms. The lowest BCUT2D eigenvalue weighted by atomic mass is 9.79. The van der Waals surface area contributed by atoms with Gasteiger partial charge >= 0.3 is 13.3 Å². The van der Waals surface area contributed by atoms with Crippen molar-refractivity contribution in [3.8, 4) is 5.88 Å². The number of alkyl halides is 3. The zero-order valence-electron chi connectivity index (χ0n) is 15.0. The van der Waals surface area contributed by atoms with Gasteiger partial charge in [-0.2, -0.15) is 13.2 Å². The first-order valence-corrected chi connectivity index (χ1v) is 6.24. The van der Waals surface area contributed by atoms with Gasteiger partial charge in [-0.1, -0.05) is 0 Å². The number of methoxy groups -OCH3 is 1. The summed E-state index contributed by atoms with van der Waals surface area (Å²) in [4.78, 5) is 3.51. The average Bonchev–Trinajstić information content (AvgIpc) is 2.55. The lowest BCUT2D eigenvalue weighted by Gasteiger charge is -2.32. The largest absolute Gasteiger partial charge is 0.496 e. The van der Waals surface area contributed by atoms with E-state index in [4.69, 9.17) is 13.4 Å². The fourth-order valence-corrected chi connectivity index (χ4v) is 1.86. The minimum Gasteiger partial charge on any atom is -0.481 e. The van der Waals surface area contributed by atoms with E-state index in [0.29, 0.717) is 0 Å². The minimum atomic E-state index is -4.84. The number of nitrogens with zero attached hydrogens (tertiary/aromatic N) is 1. The van der Waals surface area contributed by atoms with Crippen LogP contribution in [0.15, 0.2) is 12.3 Å². The van der Waals surface area contributed by atoms with E-state index in [9.17, 15) is 13.2 Å². The van der Waals surface area contributed by atoms with E-state index < -0.39 is 43.0 Å². The van der Waals surface area contributed by atoms with Crippen LogP contribution in [0, 0.1) is 0 Å². The molecule has 0 N–H and O–H groups in total. The first kappa shape index (κ1) is 12.3. The average molecular weight is 306 g/mol. The van der Waals surface area contributed by atoms with Crippen LogP contribution in [0.1, 0.15) is 37.4 Å². The third kappa shape index (κ3) is 2.87. The Kier molecular flexibility index (Phi) is 2.85. The maximum absolute atomic E-state index is 13.2. The predicted octanol–water partition coefficient (Wildman–Crippen LogP) is 2.41. The smallest absolute Gasteiger partial charge is 0.481 e. The molecular weight excluding hydrogens is 286 g/mol. The van der Waals surface area contributed by atoms with E-state index in [0.717, 1.165) is 12.3 Å². The fourth-order valence-electron chi connectivity index (χ4n) is 1.86. The van der Waals surface area contributed by atoms with Crippen LogP contribution in [0.3, 0.4) is 0 Å². The van der Waals surface area contributed by atoms with Crippen molar-refractivity contribution in [2.45, 2.75) is 45.1 Å². The standard InChI is InChI=1S/C13H17BF3NO3/c1-11(2)12(3,4)21-14(20-11)8-6-9(13(15,16)17)10(19-5)18-7-8/h6-7H,1-5H3/i5D3. The Labute approximate surface area is 126 Å². The summed E-state index contributed by atoms with van der Waals surface area (Å²) in [6.07, 6.45) is -3.79. The highest BCUT2D eigenvalue weighted by Crippen LogP contribution is 2.38. The van der Waals surface area contributed by atoms with E-state index in [1.807, 2.05) is 0 Å². The number of aromatic nitrogens is 1. The van der Waals surface area contributed by atoms with Crippen LogP contribution >= 0.6 is 0 Å². The van der Waals surface area contributed by atoms with Gasteiger partial charge in [-0.05, 0) is 33.8 Å². The Morgan fingerprint density at radius 3 is 2.29 bits per heavy atom. The van der Waals surface area contributed by atoms with Gasteiger partial charge in [0.1, 0.15) is 5.56 Å².